The molecule has 1 aromatic carbocycles. The summed E-state index contributed by atoms with van der Waals surface area (Å²) in [7, 11) is 0. The van der Waals surface area contributed by atoms with E-state index in [2.05, 4.69) is 19.1 Å². The van der Waals surface area contributed by atoms with Gasteiger partial charge in [0.05, 0.1) is 12.3 Å². The summed E-state index contributed by atoms with van der Waals surface area (Å²) in [6, 6.07) is 4.21. The molecule has 18 heavy (non-hydrogen) atoms. The Kier molecular flexibility index (Phi) is 2.98. The first kappa shape index (κ1) is 11.6. The third-order valence-electron chi connectivity index (χ3n) is 3.84. The average molecular weight is 245 g/mol. The number of unbranched alkanes of at least 4 members (excludes halogenated alkanes) is 1. The molecule has 0 atom stereocenters. The lowest BCUT2D eigenvalue weighted by Gasteiger charge is -2.27. The van der Waals surface area contributed by atoms with E-state index in [-0.39, 0.29) is 5.91 Å². The second-order valence-electron chi connectivity index (χ2n) is 5.05. The SMILES string of the molecule is CCCCOc1ccc2c3c1CCC(=O)N3CC2. The van der Waals surface area contributed by atoms with Crippen LogP contribution in [-0.2, 0) is 17.6 Å². The van der Waals surface area contributed by atoms with Gasteiger partial charge >= 0.3 is 0 Å². The summed E-state index contributed by atoms with van der Waals surface area (Å²) < 4.78 is 5.87. The van der Waals surface area contributed by atoms with Crippen LogP contribution in [0, 0.1) is 0 Å². The maximum absolute atomic E-state index is 11.9. The topological polar surface area (TPSA) is 29.5 Å². The molecular formula is C15H19NO2. The fourth-order valence-corrected chi connectivity index (χ4v) is 2.87. The number of hydrogen-bond acceptors (Lipinski definition) is 2. The first-order valence-electron chi connectivity index (χ1n) is 6.89. The lowest BCUT2D eigenvalue weighted by Crippen LogP contribution is -2.33. The molecular weight excluding hydrogens is 226 g/mol. The van der Waals surface area contributed by atoms with Crippen molar-refractivity contribution in [3.05, 3.63) is 23.3 Å². The quantitative estimate of drug-likeness (QED) is 0.763. The first-order chi connectivity index (χ1) is 8.81. The van der Waals surface area contributed by atoms with Crippen LogP contribution in [0.3, 0.4) is 0 Å². The molecule has 0 aliphatic carbocycles. The molecule has 0 radical (unpaired) electrons. The van der Waals surface area contributed by atoms with E-state index in [1.165, 1.54) is 11.1 Å². The number of carbonyl (C=O) groups excluding carboxylic acids is 1. The highest BCUT2D eigenvalue weighted by atomic mass is 16.5. The fourth-order valence-electron chi connectivity index (χ4n) is 2.87. The van der Waals surface area contributed by atoms with Gasteiger partial charge in [-0.25, -0.2) is 0 Å². The predicted molar refractivity (Wildman–Crippen MR) is 71.2 cm³/mol. The number of carbonyl (C=O) groups is 1. The van der Waals surface area contributed by atoms with Crippen LogP contribution in [-0.4, -0.2) is 19.1 Å². The molecule has 2 aliphatic heterocycles. The molecule has 0 bridgehead atoms. The Hall–Kier alpha value is -1.51. The van der Waals surface area contributed by atoms with E-state index in [1.807, 2.05) is 4.90 Å². The summed E-state index contributed by atoms with van der Waals surface area (Å²) in [5.74, 6) is 1.26. The smallest absolute Gasteiger partial charge is 0.227 e. The Balaban J connectivity index is 1.92. The lowest BCUT2D eigenvalue weighted by atomic mass is 9.98. The van der Waals surface area contributed by atoms with E-state index >= 15 is 0 Å². The molecule has 96 valence electrons. The van der Waals surface area contributed by atoms with Crippen molar-refractivity contribution < 1.29 is 9.53 Å². The van der Waals surface area contributed by atoms with Crippen molar-refractivity contribution >= 4 is 11.6 Å². The third-order valence-corrected chi connectivity index (χ3v) is 3.84. The molecule has 1 aromatic rings. The Morgan fingerprint density at radius 3 is 3.00 bits per heavy atom. The van der Waals surface area contributed by atoms with E-state index in [9.17, 15) is 4.79 Å². The van der Waals surface area contributed by atoms with Crippen LogP contribution in [0.5, 0.6) is 5.75 Å². The van der Waals surface area contributed by atoms with E-state index in [1.54, 1.807) is 0 Å². The van der Waals surface area contributed by atoms with Crippen molar-refractivity contribution in [2.75, 3.05) is 18.1 Å². The summed E-state index contributed by atoms with van der Waals surface area (Å²) in [6.45, 7) is 3.78. The van der Waals surface area contributed by atoms with E-state index in [0.29, 0.717) is 6.42 Å². The van der Waals surface area contributed by atoms with Crippen molar-refractivity contribution in [3.8, 4) is 5.75 Å². The highest BCUT2D eigenvalue weighted by Gasteiger charge is 2.32. The standard InChI is InChI=1S/C15H19NO2/c1-2-3-10-18-13-6-4-11-8-9-16-14(17)7-5-12(13)15(11)16/h4,6H,2-3,5,7-10H2,1H3. The van der Waals surface area contributed by atoms with Gasteiger partial charge in [-0.3, -0.25) is 4.79 Å². The summed E-state index contributed by atoms with van der Waals surface area (Å²) in [5, 5.41) is 0. The number of amides is 1. The largest absolute Gasteiger partial charge is 0.493 e. The van der Waals surface area contributed by atoms with Crippen LogP contribution in [0.1, 0.15) is 37.3 Å². The van der Waals surface area contributed by atoms with Crippen molar-refractivity contribution in [1.82, 2.24) is 0 Å². The zero-order chi connectivity index (χ0) is 12.5. The van der Waals surface area contributed by atoms with Gasteiger partial charge in [-0.15, -0.1) is 0 Å². The molecule has 3 rings (SSSR count). The van der Waals surface area contributed by atoms with Gasteiger partial charge in [0.2, 0.25) is 5.91 Å². The number of rotatable bonds is 4. The van der Waals surface area contributed by atoms with Gasteiger partial charge in [0.25, 0.3) is 0 Å². The van der Waals surface area contributed by atoms with Crippen molar-refractivity contribution in [3.63, 3.8) is 0 Å². The second-order valence-corrected chi connectivity index (χ2v) is 5.05. The van der Waals surface area contributed by atoms with E-state index in [4.69, 9.17) is 4.74 Å². The monoisotopic (exact) mass is 245 g/mol. The van der Waals surface area contributed by atoms with Crippen molar-refractivity contribution in [2.24, 2.45) is 0 Å². The number of hydrogen-bond donors (Lipinski definition) is 0. The van der Waals surface area contributed by atoms with Gasteiger partial charge in [0.1, 0.15) is 5.75 Å². The molecule has 3 nitrogen and oxygen atoms in total. The van der Waals surface area contributed by atoms with Gasteiger partial charge in [-0.05, 0) is 30.9 Å². The summed E-state index contributed by atoms with van der Waals surface area (Å²) >= 11 is 0. The summed E-state index contributed by atoms with van der Waals surface area (Å²) in [5.41, 5.74) is 3.71. The Morgan fingerprint density at radius 2 is 2.17 bits per heavy atom. The number of ether oxygens (including phenoxy) is 1. The fraction of sp³-hybridized carbons (Fsp3) is 0.533. The molecule has 0 unspecified atom stereocenters. The average Bonchev–Trinajstić information content (AvgIpc) is 2.81. The number of nitrogens with zero attached hydrogens (tertiary/aromatic N) is 1. The highest BCUT2D eigenvalue weighted by Crippen LogP contribution is 2.41. The summed E-state index contributed by atoms with van der Waals surface area (Å²) in [6.07, 6.45) is 4.67. The van der Waals surface area contributed by atoms with Crippen LogP contribution in [0.15, 0.2) is 12.1 Å². The zero-order valence-electron chi connectivity index (χ0n) is 10.9. The van der Waals surface area contributed by atoms with Crippen LogP contribution < -0.4 is 9.64 Å². The van der Waals surface area contributed by atoms with Gasteiger partial charge in [0, 0.05) is 18.5 Å². The molecule has 2 aliphatic rings. The molecule has 0 saturated heterocycles. The minimum absolute atomic E-state index is 0.270. The zero-order valence-corrected chi connectivity index (χ0v) is 10.9. The molecule has 0 aromatic heterocycles. The highest BCUT2D eigenvalue weighted by molar-refractivity contribution is 5.99. The molecule has 2 heterocycles. The minimum Gasteiger partial charge on any atom is -0.493 e. The predicted octanol–water partition coefficient (Wildman–Crippen LogP) is 2.70. The van der Waals surface area contributed by atoms with Crippen LogP contribution >= 0.6 is 0 Å². The van der Waals surface area contributed by atoms with Crippen LogP contribution in [0.25, 0.3) is 0 Å². The summed E-state index contributed by atoms with van der Waals surface area (Å²) in [4.78, 5) is 13.8. The molecule has 0 N–H and O–H groups in total. The Bertz CT molecular complexity index is 482. The molecule has 0 fully saturated rings. The maximum Gasteiger partial charge on any atom is 0.227 e. The van der Waals surface area contributed by atoms with Crippen molar-refractivity contribution in [1.29, 1.82) is 0 Å². The second kappa shape index (κ2) is 4.63. The number of anilines is 1. The maximum atomic E-state index is 11.9. The normalized spacial score (nSPS) is 16.9. The molecule has 0 spiro atoms. The third kappa shape index (κ3) is 1.78. The molecule has 3 heteroatoms. The van der Waals surface area contributed by atoms with Gasteiger partial charge in [-0.1, -0.05) is 19.4 Å². The van der Waals surface area contributed by atoms with E-state index in [0.717, 1.165) is 50.3 Å². The van der Waals surface area contributed by atoms with Crippen LogP contribution in [0.4, 0.5) is 5.69 Å². The lowest BCUT2D eigenvalue weighted by molar-refractivity contribution is -0.118. The molecule has 0 saturated carbocycles. The van der Waals surface area contributed by atoms with Gasteiger partial charge < -0.3 is 9.64 Å². The van der Waals surface area contributed by atoms with Crippen molar-refractivity contribution in [2.45, 2.75) is 39.0 Å². The minimum atomic E-state index is 0.270. The number of benzene rings is 1. The van der Waals surface area contributed by atoms with Gasteiger partial charge in [0.15, 0.2) is 0 Å². The Morgan fingerprint density at radius 1 is 1.28 bits per heavy atom. The Labute approximate surface area is 108 Å². The van der Waals surface area contributed by atoms with Crippen LogP contribution in [0.2, 0.25) is 0 Å². The van der Waals surface area contributed by atoms with Gasteiger partial charge in [-0.2, -0.15) is 0 Å². The first-order valence-corrected chi connectivity index (χ1v) is 6.89. The van der Waals surface area contributed by atoms with E-state index < -0.39 is 0 Å². The molecule has 1 amide bonds.